The Balaban J connectivity index is 1.35. The molecule has 4 aromatic rings. The predicted molar refractivity (Wildman–Crippen MR) is 155 cm³/mol. The number of phenolic OH excluding ortho intramolecular Hbond substituents is 1. The smallest absolute Gasteiger partial charge is 0.319 e. The fourth-order valence-corrected chi connectivity index (χ4v) is 6.56. The van der Waals surface area contributed by atoms with E-state index in [1.54, 1.807) is 18.3 Å². The summed E-state index contributed by atoms with van der Waals surface area (Å²) >= 11 is 0. The van der Waals surface area contributed by atoms with Crippen molar-refractivity contribution >= 4 is 27.5 Å². The number of hydrogen-bond donors (Lipinski definition) is 3. The zero-order valence-corrected chi connectivity index (χ0v) is 23.3. The average molecular weight is 591 g/mol. The van der Waals surface area contributed by atoms with Gasteiger partial charge in [0.15, 0.2) is 5.82 Å². The van der Waals surface area contributed by atoms with Crippen LogP contribution in [0.3, 0.4) is 0 Å². The van der Waals surface area contributed by atoms with Crippen molar-refractivity contribution in [3.63, 3.8) is 0 Å². The van der Waals surface area contributed by atoms with Crippen molar-refractivity contribution in [2.45, 2.75) is 44.3 Å². The summed E-state index contributed by atoms with van der Waals surface area (Å²) in [5.41, 5.74) is 3.07. The molecule has 0 unspecified atom stereocenters. The van der Waals surface area contributed by atoms with E-state index in [4.69, 9.17) is 9.57 Å². The molecular weight excluding hydrogens is 561 g/mol. The molecule has 12 heteroatoms. The lowest BCUT2D eigenvalue weighted by Gasteiger charge is -2.30. The van der Waals surface area contributed by atoms with Crippen LogP contribution in [-0.2, 0) is 11.3 Å². The first-order valence-electron chi connectivity index (χ1n) is 14.2. The molecule has 2 fully saturated rings. The summed E-state index contributed by atoms with van der Waals surface area (Å²) in [5, 5.41) is 15.3. The number of fused-ring (bicyclic) bond motifs is 3. The van der Waals surface area contributed by atoms with E-state index in [1.165, 1.54) is 30.7 Å². The molecule has 0 bridgehead atoms. The van der Waals surface area contributed by atoms with Crippen molar-refractivity contribution in [1.29, 1.82) is 0 Å². The number of aryl methyl sites for hydroxylation is 1. The third kappa shape index (κ3) is 4.66. The summed E-state index contributed by atoms with van der Waals surface area (Å²) < 4.78 is 51.6. The fourth-order valence-electron chi connectivity index (χ4n) is 6.56. The van der Waals surface area contributed by atoms with E-state index in [0.717, 1.165) is 19.4 Å². The summed E-state index contributed by atoms with van der Waals surface area (Å²) in [6.07, 6.45) is 7.63. The van der Waals surface area contributed by atoms with Gasteiger partial charge < -0.3 is 20.0 Å². The first-order chi connectivity index (χ1) is 20.9. The SMILES string of the molecule is CCc1c(F)ccc2c(-c3ncc4c(NC5=CNOC=C5)nc(OC[C@@]56CCCN5C[C@H](F)C6)nc4c3F)c(O)ccc12. The maximum absolute atomic E-state index is 16.5. The molecule has 0 spiro atoms. The van der Waals surface area contributed by atoms with E-state index in [0.29, 0.717) is 41.4 Å². The second kappa shape index (κ2) is 10.6. The number of allylic oxidation sites excluding steroid dienone is 1. The van der Waals surface area contributed by atoms with Gasteiger partial charge in [0, 0.05) is 25.2 Å². The van der Waals surface area contributed by atoms with Crippen LogP contribution < -0.4 is 15.5 Å². The Kier molecular flexibility index (Phi) is 6.72. The molecule has 9 nitrogen and oxygen atoms in total. The number of benzene rings is 2. The molecule has 3 N–H and O–H groups in total. The third-order valence-electron chi connectivity index (χ3n) is 8.58. The maximum atomic E-state index is 16.5. The van der Waals surface area contributed by atoms with Crippen LogP contribution in [-0.4, -0.2) is 56.4 Å². The van der Waals surface area contributed by atoms with Crippen LogP contribution in [0.5, 0.6) is 11.8 Å². The van der Waals surface area contributed by atoms with Gasteiger partial charge in [0.1, 0.15) is 47.6 Å². The van der Waals surface area contributed by atoms with Gasteiger partial charge >= 0.3 is 6.01 Å². The Morgan fingerprint density at radius 3 is 2.86 bits per heavy atom. The summed E-state index contributed by atoms with van der Waals surface area (Å²) in [6.45, 7) is 3.15. The first kappa shape index (κ1) is 27.3. The number of halogens is 3. The number of anilines is 1. The molecule has 2 saturated heterocycles. The molecule has 0 amide bonds. The normalized spacial score (nSPS) is 21.5. The zero-order chi connectivity index (χ0) is 29.7. The molecule has 2 aromatic carbocycles. The molecule has 43 heavy (non-hydrogen) atoms. The van der Waals surface area contributed by atoms with Gasteiger partial charge in [0.2, 0.25) is 0 Å². The first-order valence-corrected chi connectivity index (χ1v) is 14.2. The molecule has 2 atom stereocenters. The number of pyridine rings is 1. The van der Waals surface area contributed by atoms with E-state index < -0.39 is 17.5 Å². The van der Waals surface area contributed by atoms with Crippen LogP contribution in [0.4, 0.5) is 19.0 Å². The number of alkyl halides is 1. The Bertz CT molecular complexity index is 1820. The quantitative estimate of drug-likeness (QED) is 0.252. The van der Waals surface area contributed by atoms with Crippen LogP contribution >= 0.6 is 0 Å². The van der Waals surface area contributed by atoms with Crippen LogP contribution in [0.15, 0.2) is 54.7 Å². The summed E-state index contributed by atoms with van der Waals surface area (Å²) in [6, 6.07) is 5.75. The summed E-state index contributed by atoms with van der Waals surface area (Å²) in [7, 11) is 0. The minimum Gasteiger partial charge on any atom is -0.507 e. The average Bonchev–Trinajstić information content (AvgIpc) is 3.53. The molecule has 3 aliphatic heterocycles. The van der Waals surface area contributed by atoms with Gasteiger partial charge in [-0.1, -0.05) is 19.1 Å². The van der Waals surface area contributed by atoms with Gasteiger partial charge in [-0.25, -0.2) is 18.7 Å². The number of hydrogen-bond acceptors (Lipinski definition) is 9. The highest BCUT2D eigenvalue weighted by Crippen LogP contribution is 2.42. The number of aromatic nitrogens is 3. The van der Waals surface area contributed by atoms with Gasteiger partial charge in [-0.15, -0.1) is 0 Å². The molecule has 222 valence electrons. The highest BCUT2D eigenvalue weighted by atomic mass is 19.1. The van der Waals surface area contributed by atoms with E-state index in [9.17, 15) is 13.9 Å². The van der Waals surface area contributed by atoms with Crippen molar-refractivity contribution in [1.82, 2.24) is 25.3 Å². The van der Waals surface area contributed by atoms with E-state index in [-0.39, 0.29) is 52.2 Å². The number of ether oxygens (including phenoxy) is 1. The highest BCUT2D eigenvalue weighted by molar-refractivity contribution is 6.02. The molecule has 7 rings (SSSR count). The summed E-state index contributed by atoms with van der Waals surface area (Å²) in [4.78, 5) is 20.5. The van der Waals surface area contributed by atoms with Gasteiger partial charge in [0.25, 0.3) is 0 Å². The van der Waals surface area contributed by atoms with E-state index in [1.807, 2.05) is 6.92 Å². The lowest BCUT2D eigenvalue weighted by Crippen LogP contribution is -2.43. The minimum absolute atomic E-state index is 0.0864. The number of nitrogens with one attached hydrogen (secondary N) is 2. The summed E-state index contributed by atoms with van der Waals surface area (Å²) in [5.74, 6) is -1.17. The standard InChI is InChI=1S/C31H29F3N6O3/c1-2-19-20-5-7-24(41)25(21(20)4-6-23(19)33)28-26(34)27-22(14-35-28)29(37-18-8-11-43-36-13-18)39-30(38-27)42-16-31-9-3-10-40(31)15-17(32)12-31/h4-8,11,13-14,17,36,41H,2-3,9-10,12,15-16H2,1H3,(H,37,38,39)/t17-,31+/m1/s1. The van der Waals surface area contributed by atoms with Crippen LogP contribution in [0.1, 0.15) is 31.7 Å². The van der Waals surface area contributed by atoms with Crippen molar-refractivity contribution in [3.8, 4) is 23.0 Å². The zero-order valence-electron chi connectivity index (χ0n) is 23.3. The van der Waals surface area contributed by atoms with Gasteiger partial charge in [-0.2, -0.15) is 9.97 Å². The van der Waals surface area contributed by atoms with Gasteiger partial charge in [0.05, 0.1) is 28.4 Å². The van der Waals surface area contributed by atoms with Gasteiger partial charge in [-0.3, -0.25) is 9.88 Å². The minimum atomic E-state index is -0.931. The topological polar surface area (TPSA) is 105 Å². The lowest BCUT2D eigenvalue weighted by molar-refractivity contribution is 0.107. The van der Waals surface area contributed by atoms with Crippen LogP contribution in [0.25, 0.3) is 32.9 Å². The number of hydroxylamine groups is 1. The Labute approximate surface area is 245 Å². The van der Waals surface area contributed by atoms with Gasteiger partial charge in [-0.05, 0) is 54.3 Å². The predicted octanol–water partition coefficient (Wildman–Crippen LogP) is 5.65. The number of nitrogens with zero attached hydrogens (tertiary/aromatic N) is 4. The molecule has 0 aliphatic carbocycles. The van der Waals surface area contributed by atoms with E-state index in [2.05, 4.69) is 30.6 Å². The van der Waals surface area contributed by atoms with Crippen molar-refractivity contribution in [3.05, 3.63) is 71.9 Å². The van der Waals surface area contributed by atoms with Crippen LogP contribution in [0.2, 0.25) is 0 Å². The Morgan fingerprint density at radius 1 is 1.19 bits per heavy atom. The number of rotatable bonds is 7. The second-order valence-electron chi connectivity index (χ2n) is 11.1. The lowest BCUT2D eigenvalue weighted by atomic mass is 9.95. The van der Waals surface area contributed by atoms with Crippen molar-refractivity contribution in [2.24, 2.45) is 0 Å². The Morgan fingerprint density at radius 2 is 2.05 bits per heavy atom. The Hall–Kier alpha value is -4.58. The number of phenols is 1. The molecule has 0 saturated carbocycles. The van der Waals surface area contributed by atoms with Crippen LogP contribution in [0, 0.1) is 11.6 Å². The molecule has 2 aromatic heterocycles. The second-order valence-corrected chi connectivity index (χ2v) is 11.1. The third-order valence-corrected chi connectivity index (χ3v) is 8.58. The molecule has 5 heterocycles. The monoisotopic (exact) mass is 590 g/mol. The maximum Gasteiger partial charge on any atom is 0.319 e. The molecular formula is C31H29F3N6O3. The number of aromatic hydroxyl groups is 1. The van der Waals surface area contributed by atoms with Crippen molar-refractivity contribution < 1.29 is 27.9 Å². The molecule has 0 radical (unpaired) electrons. The van der Waals surface area contributed by atoms with Crippen molar-refractivity contribution in [2.75, 3.05) is 25.0 Å². The molecule has 3 aliphatic rings. The van der Waals surface area contributed by atoms with E-state index >= 15 is 4.39 Å². The highest BCUT2D eigenvalue weighted by Gasteiger charge is 2.49. The largest absolute Gasteiger partial charge is 0.507 e. The fraction of sp³-hybridized carbons (Fsp3) is 0.323.